The van der Waals surface area contributed by atoms with Gasteiger partial charge >= 0.3 is 0 Å². The Labute approximate surface area is 112 Å². The molecule has 1 atom stereocenters. The molecule has 1 aromatic carbocycles. The van der Waals surface area contributed by atoms with Gasteiger partial charge in [-0.25, -0.2) is 0 Å². The highest BCUT2D eigenvalue weighted by molar-refractivity contribution is 6.06. The molecule has 4 heteroatoms. The highest BCUT2D eigenvalue weighted by Crippen LogP contribution is 2.19. The van der Waals surface area contributed by atoms with Crippen molar-refractivity contribution in [1.82, 2.24) is 15.2 Å². The van der Waals surface area contributed by atoms with Crippen molar-refractivity contribution in [3.05, 3.63) is 42.1 Å². The number of pyridine rings is 1. The number of nitrogens with zero attached hydrogens (tertiary/aromatic N) is 2. The number of carbonyl (C=O) groups is 1. The van der Waals surface area contributed by atoms with E-state index in [2.05, 4.69) is 17.2 Å². The van der Waals surface area contributed by atoms with Crippen LogP contribution in [-0.4, -0.2) is 41.5 Å². The first kappa shape index (κ1) is 12.1. The molecule has 0 aliphatic carbocycles. The van der Waals surface area contributed by atoms with E-state index in [1.807, 2.05) is 35.2 Å². The molecular formula is C15H17N3O. The van der Waals surface area contributed by atoms with Gasteiger partial charge in [0.1, 0.15) is 0 Å². The van der Waals surface area contributed by atoms with Crippen LogP contribution in [0.1, 0.15) is 17.3 Å². The van der Waals surface area contributed by atoms with E-state index in [-0.39, 0.29) is 11.9 Å². The van der Waals surface area contributed by atoms with Crippen LogP contribution in [-0.2, 0) is 0 Å². The van der Waals surface area contributed by atoms with Crippen molar-refractivity contribution >= 4 is 16.8 Å². The predicted octanol–water partition coefficient (Wildman–Crippen LogP) is 1.67. The second-order valence-electron chi connectivity index (χ2n) is 4.93. The minimum absolute atomic E-state index is 0.104. The van der Waals surface area contributed by atoms with Crippen LogP contribution in [0.2, 0.25) is 0 Å². The average Bonchev–Trinajstić information content (AvgIpc) is 2.46. The number of aromatic nitrogens is 1. The lowest BCUT2D eigenvalue weighted by Gasteiger charge is -2.34. The van der Waals surface area contributed by atoms with E-state index in [4.69, 9.17) is 0 Å². The lowest BCUT2D eigenvalue weighted by Crippen LogP contribution is -2.52. The first-order chi connectivity index (χ1) is 9.27. The molecule has 98 valence electrons. The summed E-state index contributed by atoms with van der Waals surface area (Å²) in [4.78, 5) is 18.9. The Balaban J connectivity index is 2.01. The molecule has 1 saturated heterocycles. The molecule has 0 spiro atoms. The van der Waals surface area contributed by atoms with Crippen LogP contribution in [0.25, 0.3) is 10.9 Å². The van der Waals surface area contributed by atoms with Crippen LogP contribution in [0, 0.1) is 0 Å². The number of hydrogen-bond acceptors (Lipinski definition) is 3. The summed E-state index contributed by atoms with van der Waals surface area (Å²) in [5, 5.41) is 4.23. The highest BCUT2D eigenvalue weighted by atomic mass is 16.2. The van der Waals surface area contributed by atoms with Crippen LogP contribution < -0.4 is 5.32 Å². The van der Waals surface area contributed by atoms with Crippen molar-refractivity contribution in [3.8, 4) is 0 Å². The summed E-state index contributed by atoms with van der Waals surface area (Å²) in [6.45, 7) is 4.55. The van der Waals surface area contributed by atoms with E-state index in [1.54, 1.807) is 6.20 Å². The summed E-state index contributed by atoms with van der Waals surface area (Å²) >= 11 is 0. The van der Waals surface area contributed by atoms with Gasteiger partial charge in [-0.2, -0.15) is 0 Å². The summed E-state index contributed by atoms with van der Waals surface area (Å²) in [5.74, 6) is 0.104. The van der Waals surface area contributed by atoms with Gasteiger partial charge in [0, 0.05) is 42.8 Å². The summed E-state index contributed by atoms with van der Waals surface area (Å²) in [7, 11) is 0. The smallest absolute Gasteiger partial charge is 0.254 e. The van der Waals surface area contributed by atoms with Gasteiger partial charge in [-0.05, 0) is 25.1 Å². The van der Waals surface area contributed by atoms with Gasteiger partial charge in [0.05, 0.1) is 5.52 Å². The maximum absolute atomic E-state index is 12.7. The van der Waals surface area contributed by atoms with E-state index in [1.165, 1.54) is 0 Å². The van der Waals surface area contributed by atoms with Crippen molar-refractivity contribution in [2.24, 2.45) is 0 Å². The Kier molecular flexibility index (Phi) is 3.17. The molecule has 0 saturated carbocycles. The highest BCUT2D eigenvalue weighted by Gasteiger charge is 2.24. The topological polar surface area (TPSA) is 45.2 Å². The van der Waals surface area contributed by atoms with Gasteiger partial charge in [-0.1, -0.05) is 12.1 Å². The Morgan fingerprint density at radius 3 is 3.11 bits per heavy atom. The molecule has 1 aliphatic rings. The Morgan fingerprint density at radius 2 is 2.26 bits per heavy atom. The molecule has 2 aromatic rings. The molecule has 1 N–H and O–H groups in total. The Bertz CT molecular complexity index is 606. The largest absolute Gasteiger partial charge is 0.333 e. The number of carbonyl (C=O) groups excluding carboxylic acids is 1. The van der Waals surface area contributed by atoms with Gasteiger partial charge < -0.3 is 10.2 Å². The normalized spacial score (nSPS) is 19.6. The molecule has 2 heterocycles. The zero-order valence-corrected chi connectivity index (χ0v) is 11.0. The fourth-order valence-electron chi connectivity index (χ4n) is 2.59. The van der Waals surface area contributed by atoms with Crippen LogP contribution >= 0.6 is 0 Å². The fraction of sp³-hybridized carbons (Fsp3) is 0.333. The Morgan fingerprint density at radius 1 is 1.37 bits per heavy atom. The van der Waals surface area contributed by atoms with Gasteiger partial charge in [-0.15, -0.1) is 0 Å². The standard InChI is InChI=1S/C15H17N3O/c1-11-10-16-8-9-18(11)15(19)13-4-2-6-14-12(13)5-3-7-17-14/h2-7,11,16H,8-10H2,1H3. The monoisotopic (exact) mass is 255 g/mol. The number of rotatable bonds is 1. The van der Waals surface area contributed by atoms with Gasteiger partial charge in [0.25, 0.3) is 5.91 Å². The molecule has 0 bridgehead atoms. The molecule has 1 amide bonds. The predicted molar refractivity (Wildman–Crippen MR) is 75.1 cm³/mol. The SMILES string of the molecule is CC1CNCCN1C(=O)c1cccc2ncccc12. The van der Waals surface area contributed by atoms with E-state index in [9.17, 15) is 4.79 Å². The van der Waals surface area contributed by atoms with Crippen molar-refractivity contribution in [3.63, 3.8) is 0 Å². The minimum atomic E-state index is 0.104. The number of benzene rings is 1. The first-order valence-corrected chi connectivity index (χ1v) is 6.63. The van der Waals surface area contributed by atoms with Gasteiger partial charge in [-0.3, -0.25) is 9.78 Å². The molecule has 19 heavy (non-hydrogen) atoms. The molecular weight excluding hydrogens is 238 g/mol. The van der Waals surface area contributed by atoms with Gasteiger partial charge in [0.15, 0.2) is 0 Å². The molecule has 1 unspecified atom stereocenters. The zero-order chi connectivity index (χ0) is 13.2. The van der Waals surface area contributed by atoms with E-state index >= 15 is 0 Å². The fourth-order valence-corrected chi connectivity index (χ4v) is 2.59. The number of piperazine rings is 1. The molecule has 0 radical (unpaired) electrons. The summed E-state index contributed by atoms with van der Waals surface area (Å²) in [6.07, 6.45) is 1.75. The molecule has 1 aromatic heterocycles. The molecule has 1 aliphatic heterocycles. The lowest BCUT2D eigenvalue weighted by molar-refractivity contribution is 0.0658. The van der Waals surface area contributed by atoms with Crippen LogP contribution in [0.3, 0.4) is 0 Å². The van der Waals surface area contributed by atoms with Crippen molar-refractivity contribution in [2.45, 2.75) is 13.0 Å². The molecule has 1 fully saturated rings. The maximum atomic E-state index is 12.7. The summed E-state index contributed by atoms with van der Waals surface area (Å²) in [6, 6.07) is 9.79. The van der Waals surface area contributed by atoms with Gasteiger partial charge in [0.2, 0.25) is 0 Å². The van der Waals surface area contributed by atoms with Crippen LogP contribution in [0.15, 0.2) is 36.5 Å². The Hall–Kier alpha value is -1.94. The number of fused-ring (bicyclic) bond motifs is 1. The van der Waals surface area contributed by atoms with E-state index in [0.717, 1.165) is 36.1 Å². The average molecular weight is 255 g/mol. The zero-order valence-electron chi connectivity index (χ0n) is 11.0. The first-order valence-electron chi connectivity index (χ1n) is 6.63. The van der Waals surface area contributed by atoms with Crippen molar-refractivity contribution in [1.29, 1.82) is 0 Å². The molecule has 4 nitrogen and oxygen atoms in total. The minimum Gasteiger partial charge on any atom is -0.333 e. The third-order valence-corrected chi connectivity index (χ3v) is 3.64. The third kappa shape index (κ3) is 2.19. The lowest BCUT2D eigenvalue weighted by atomic mass is 10.1. The number of amides is 1. The van der Waals surface area contributed by atoms with Crippen molar-refractivity contribution in [2.75, 3.05) is 19.6 Å². The van der Waals surface area contributed by atoms with Crippen molar-refractivity contribution < 1.29 is 4.79 Å². The quantitative estimate of drug-likeness (QED) is 0.843. The third-order valence-electron chi connectivity index (χ3n) is 3.64. The second kappa shape index (κ2) is 4.97. The summed E-state index contributed by atoms with van der Waals surface area (Å²) < 4.78 is 0. The number of nitrogens with one attached hydrogen (secondary N) is 1. The van der Waals surface area contributed by atoms with E-state index in [0.29, 0.717) is 0 Å². The summed E-state index contributed by atoms with van der Waals surface area (Å²) in [5.41, 5.74) is 1.62. The van der Waals surface area contributed by atoms with Crippen LogP contribution in [0.5, 0.6) is 0 Å². The maximum Gasteiger partial charge on any atom is 0.254 e. The second-order valence-corrected chi connectivity index (χ2v) is 4.93. The molecule has 3 rings (SSSR count). The van der Waals surface area contributed by atoms with E-state index < -0.39 is 0 Å². The number of hydrogen-bond donors (Lipinski definition) is 1. The van der Waals surface area contributed by atoms with Crippen LogP contribution in [0.4, 0.5) is 0 Å².